The molecular formula is C18H13Cl4N. The van der Waals surface area contributed by atoms with Gasteiger partial charge in [0, 0.05) is 21.5 Å². The van der Waals surface area contributed by atoms with Crippen molar-refractivity contribution in [1.29, 1.82) is 0 Å². The Hall–Kier alpha value is -0.860. The molecule has 0 amide bonds. The molecule has 4 rings (SSSR count). The zero-order chi connectivity index (χ0) is 16.1. The molecule has 0 saturated heterocycles. The van der Waals surface area contributed by atoms with Gasteiger partial charge in [0.2, 0.25) is 0 Å². The van der Waals surface area contributed by atoms with E-state index in [4.69, 9.17) is 46.4 Å². The third-order valence-electron chi connectivity index (χ3n) is 4.74. The normalized spacial score (nSPS) is 25.0. The van der Waals surface area contributed by atoms with Crippen LogP contribution in [0.25, 0.3) is 0 Å². The van der Waals surface area contributed by atoms with Gasteiger partial charge in [0.05, 0.1) is 21.8 Å². The van der Waals surface area contributed by atoms with Gasteiger partial charge in [-0.3, -0.25) is 0 Å². The van der Waals surface area contributed by atoms with Crippen LogP contribution in [0, 0.1) is 5.92 Å². The van der Waals surface area contributed by atoms with Gasteiger partial charge in [-0.2, -0.15) is 0 Å². The lowest BCUT2D eigenvalue weighted by Crippen LogP contribution is -2.29. The van der Waals surface area contributed by atoms with Gasteiger partial charge in [-0.25, -0.2) is 0 Å². The molecule has 1 aliphatic heterocycles. The highest BCUT2D eigenvalue weighted by molar-refractivity contribution is 6.44. The molecule has 5 heteroatoms. The molecule has 0 saturated carbocycles. The van der Waals surface area contributed by atoms with Crippen molar-refractivity contribution in [3.05, 3.63) is 73.7 Å². The SMILES string of the molecule is Clc1ccc2c(c1Cl)N[C@@H](c1c(Cl)cccc1Cl)[C@H]1CC=C[C@@H]21. The average Bonchev–Trinajstić information content (AvgIpc) is 3.01. The highest BCUT2D eigenvalue weighted by Gasteiger charge is 2.40. The molecule has 0 spiro atoms. The number of hydrogen-bond donors (Lipinski definition) is 1. The second-order valence-corrected chi connectivity index (χ2v) is 7.54. The summed E-state index contributed by atoms with van der Waals surface area (Å²) in [5.41, 5.74) is 2.99. The molecule has 2 aromatic carbocycles. The van der Waals surface area contributed by atoms with Gasteiger partial charge in [0.25, 0.3) is 0 Å². The summed E-state index contributed by atoms with van der Waals surface area (Å²) in [6.07, 6.45) is 5.43. The number of fused-ring (bicyclic) bond motifs is 3. The molecule has 0 aromatic heterocycles. The van der Waals surface area contributed by atoms with Crippen molar-refractivity contribution in [3.8, 4) is 0 Å². The van der Waals surface area contributed by atoms with Crippen LogP contribution < -0.4 is 5.32 Å². The molecule has 0 fully saturated rings. The zero-order valence-corrected chi connectivity index (χ0v) is 15.0. The van der Waals surface area contributed by atoms with Crippen LogP contribution in [0.3, 0.4) is 0 Å². The zero-order valence-electron chi connectivity index (χ0n) is 12.0. The van der Waals surface area contributed by atoms with Gasteiger partial charge in [-0.05, 0) is 36.1 Å². The van der Waals surface area contributed by atoms with E-state index in [0.29, 0.717) is 31.9 Å². The first-order valence-electron chi connectivity index (χ1n) is 7.43. The number of anilines is 1. The molecule has 0 radical (unpaired) electrons. The first-order valence-corrected chi connectivity index (χ1v) is 8.94. The lowest BCUT2D eigenvalue weighted by Gasteiger charge is -2.38. The smallest absolute Gasteiger partial charge is 0.0826 e. The minimum Gasteiger partial charge on any atom is -0.376 e. The largest absolute Gasteiger partial charge is 0.376 e. The average molecular weight is 385 g/mol. The molecule has 118 valence electrons. The highest BCUT2D eigenvalue weighted by atomic mass is 35.5. The van der Waals surface area contributed by atoms with Crippen LogP contribution in [0.1, 0.15) is 29.5 Å². The van der Waals surface area contributed by atoms with Crippen molar-refractivity contribution in [1.82, 2.24) is 0 Å². The van der Waals surface area contributed by atoms with E-state index in [0.717, 1.165) is 17.7 Å². The molecule has 0 bridgehead atoms. The fraction of sp³-hybridized carbons (Fsp3) is 0.222. The summed E-state index contributed by atoms with van der Waals surface area (Å²) in [7, 11) is 0. The summed E-state index contributed by atoms with van der Waals surface area (Å²) >= 11 is 25.5. The first-order chi connectivity index (χ1) is 11.1. The minimum atomic E-state index is -0.000309. The standard InChI is InChI=1S/C18H13Cl4N/c19-12-5-2-6-13(20)15(12)17-10-4-1-3-9(10)11-7-8-14(21)16(22)18(11)23-17/h1-3,5-10,17,23H,4H2/t9-,10+,17-/m1/s1. The number of allylic oxidation sites excluding steroid dienone is 2. The number of rotatable bonds is 1. The number of nitrogens with one attached hydrogen (secondary N) is 1. The van der Waals surface area contributed by atoms with E-state index >= 15 is 0 Å². The van der Waals surface area contributed by atoms with Crippen LogP contribution in [0.2, 0.25) is 20.1 Å². The predicted molar refractivity (Wildman–Crippen MR) is 99.3 cm³/mol. The van der Waals surface area contributed by atoms with Crippen molar-refractivity contribution in [2.75, 3.05) is 5.32 Å². The molecule has 0 unspecified atom stereocenters. The molecule has 1 aliphatic carbocycles. The minimum absolute atomic E-state index is 0.000309. The van der Waals surface area contributed by atoms with Crippen molar-refractivity contribution < 1.29 is 0 Å². The van der Waals surface area contributed by atoms with Crippen LogP contribution in [-0.2, 0) is 0 Å². The topological polar surface area (TPSA) is 12.0 Å². The molecule has 1 N–H and O–H groups in total. The van der Waals surface area contributed by atoms with Crippen LogP contribution in [0.4, 0.5) is 5.69 Å². The monoisotopic (exact) mass is 383 g/mol. The first kappa shape index (κ1) is 15.7. The summed E-state index contributed by atoms with van der Waals surface area (Å²) in [6.45, 7) is 0. The van der Waals surface area contributed by atoms with Crippen molar-refractivity contribution in [3.63, 3.8) is 0 Å². The van der Waals surface area contributed by atoms with E-state index in [1.165, 1.54) is 5.56 Å². The molecular weight excluding hydrogens is 372 g/mol. The van der Waals surface area contributed by atoms with Gasteiger partial charge in [-0.1, -0.05) is 70.7 Å². The lowest BCUT2D eigenvalue weighted by atomic mass is 9.77. The molecule has 2 aromatic rings. The Labute approximate surface area is 155 Å². The molecule has 1 nitrogen and oxygen atoms in total. The summed E-state index contributed by atoms with van der Waals surface area (Å²) in [4.78, 5) is 0. The Balaban J connectivity index is 1.89. The number of benzene rings is 2. The third kappa shape index (κ3) is 2.46. The molecule has 3 atom stereocenters. The number of halogens is 4. The second-order valence-electron chi connectivity index (χ2n) is 5.94. The van der Waals surface area contributed by atoms with E-state index in [1.807, 2.05) is 30.3 Å². The maximum atomic E-state index is 6.45. The van der Waals surface area contributed by atoms with E-state index < -0.39 is 0 Å². The Bertz CT molecular complexity index is 795. The molecule has 1 heterocycles. The van der Waals surface area contributed by atoms with Gasteiger partial charge in [0.15, 0.2) is 0 Å². The van der Waals surface area contributed by atoms with E-state index in [9.17, 15) is 0 Å². The van der Waals surface area contributed by atoms with Crippen molar-refractivity contribution >= 4 is 52.1 Å². The summed E-state index contributed by atoms with van der Waals surface area (Å²) in [5, 5.41) is 5.98. The predicted octanol–water partition coefficient (Wildman–Crippen LogP) is 7.13. The molecule has 2 aliphatic rings. The Morgan fingerprint density at radius 1 is 0.913 bits per heavy atom. The van der Waals surface area contributed by atoms with E-state index in [1.54, 1.807) is 0 Å². The highest BCUT2D eigenvalue weighted by Crippen LogP contribution is 2.54. The summed E-state index contributed by atoms with van der Waals surface area (Å²) in [5.74, 6) is 0.649. The summed E-state index contributed by atoms with van der Waals surface area (Å²) in [6, 6.07) is 9.51. The Morgan fingerprint density at radius 2 is 1.65 bits per heavy atom. The summed E-state index contributed by atoms with van der Waals surface area (Å²) < 4.78 is 0. The van der Waals surface area contributed by atoms with Crippen LogP contribution in [0.5, 0.6) is 0 Å². The molecule has 23 heavy (non-hydrogen) atoms. The maximum Gasteiger partial charge on any atom is 0.0826 e. The van der Waals surface area contributed by atoms with Crippen LogP contribution >= 0.6 is 46.4 Å². The van der Waals surface area contributed by atoms with E-state index in [2.05, 4.69) is 17.5 Å². The van der Waals surface area contributed by atoms with Crippen LogP contribution in [0.15, 0.2) is 42.5 Å². The van der Waals surface area contributed by atoms with Gasteiger partial charge >= 0.3 is 0 Å². The fourth-order valence-electron chi connectivity index (χ4n) is 3.70. The second kappa shape index (κ2) is 5.89. The Kier molecular flexibility index (Phi) is 4.01. The van der Waals surface area contributed by atoms with Gasteiger partial charge < -0.3 is 5.32 Å². The number of hydrogen-bond acceptors (Lipinski definition) is 1. The fourth-order valence-corrected chi connectivity index (χ4v) is 4.71. The van der Waals surface area contributed by atoms with Gasteiger partial charge in [0.1, 0.15) is 0 Å². The van der Waals surface area contributed by atoms with Crippen molar-refractivity contribution in [2.45, 2.75) is 18.4 Å². The lowest BCUT2D eigenvalue weighted by molar-refractivity contribution is 0.426. The van der Waals surface area contributed by atoms with E-state index in [-0.39, 0.29) is 6.04 Å². The van der Waals surface area contributed by atoms with Crippen LogP contribution in [-0.4, -0.2) is 0 Å². The Morgan fingerprint density at radius 3 is 2.39 bits per heavy atom. The maximum absolute atomic E-state index is 6.45. The van der Waals surface area contributed by atoms with Crippen molar-refractivity contribution in [2.24, 2.45) is 5.92 Å². The quantitative estimate of drug-likeness (QED) is 0.515. The van der Waals surface area contributed by atoms with Gasteiger partial charge in [-0.15, -0.1) is 0 Å². The third-order valence-corrected chi connectivity index (χ3v) is 6.20.